The largest absolute Gasteiger partial charge is 0.342 e. The molecule has 0 aliphatic carbocycles. The SMILES string of the molecule is CCN(CCc1ccccc1)C(=O)C(C)C1CNC1.Cl. The quantitative estimate of drug-likeness (QED) is 0.874. The van der Waals surface area contributed by atoms with Crippen LogP contribution in [0.5, 0.6) is 0 Å². The van der Waals surface area contributed by atoms with Crippen molar-refractivity contribution in [2.24, 2.45) is 11.8 Å². The maximum absolute atomic E-state index is 12.4. The number of amides is 1. The third-order valence-electron chi connectivity index (χ3n) is 4.12. The Bertz CT molecular complexity index is 406. The first kappa shape index (κ1) is 17.0. The van der Waals surface area contributed by atoms with Gasteiger partial charge in [0.15, 0.2) is 0 Å². The summed E-state index contributed by atoms with van der Waals surface area (Å²) in [4.78, 5) is 14.4. The fourth-order valence-electron chi connectivity index (χ4n) is 2.49. The van der Waals surface area contributed by atoms with E-state index in [1.54, 1.807) is 0 Å². The molecule has 1 aliphatic rings. The zero-order chi connectivity index (χ0) is 13.7. The first-order valence-electron chi connectivity index (χ1n) is 7.25. The second kappa shape index (κ2) is 8.28. The number of carbonyl (C=O) groups excluding carboxylic acids is 1. The highest BCUT2D eigenvalue weighted by molar-refractivity contribution is 5.85. The molecule has 1 aromatic carbocycles. The molecule has 1 aliphatic heterocycles. The van der Waals surface area contributed by atoms with Crippen LogP contribution in [-0.4, -0.2) is 37.0 Å². The van der Waals surface area contributed by atoms with Gasteiger partial charge in [0.2, 0.25) is 5.91 Å². The molecule has 1 heterocycles. The third kappa shape index (κ3) is 4.22. The molecule has 1 amide bonds. The van der Waals surface area contributed by atoms with Gasteiger partial charge in [-0.05, 0) is 37.9 Å². The van der Waals surface area contributed by atoms with Gasteiger partial charge >= 0.3 is 0 Å². The van der Waals surface area contributed by atoms with Crippen LogP contribution in [0.3, 0.4) is 0 Å². The van der Waals surface area contributed by atoms with Crippen LogP contribution in [0.15, 0.2) is 30.3 Å². The molecule has 1 atom stereocenters. The van der Waals surface area contributed by atoms with Crippen LogP contribution >= 0.6 is 12.4 Å². The molecule has 2 rings (SSSR count). The normalized spacial score (nSPS) is 15.9. The highest BCUT2D eigenvalue weighted by Gasteiger charge is 2.30. The number of carbonyl (C=O) groups is 1. The van der Waals surface area contributed by atoms with Crippen molar-refractivity contribution in [3.05, 3.63) is 35.9 Å². The van der Waals surface area contributed by atoms with E-state index in [0.29, 0.717) is 11.8 Å². The standard InChI is InChI=1S/C16H24N2O.ClH/c1-3-18(10-9-14-7-5-4-6-8-14)16(19)13(2)15-11-17-12-15;/h4-8,13,15,17H,3,9-12H2,1-2H3;1H. The van der Waals surface area contributed by atoms with Gasteiger partial charge in [-0.2, -0.15) is 0 Å². The molecule has 0 bridgehead atoms. The van der Waals surface area contributed by atoms with E-state index >= 15 is 0 Å². The molecule has 0 radical (unpaired) electrons. The van der Waals surface area contributed by atoms with Crippen LogP contribution in [0.2, 0.25) is 0 Å². The van der Waals surface area contributed by atoms with E-state index in [1.165, 1.54) is 5.56 Å². The predicted molar refractivity (Wildman–Crippen MR) is 85.2 cm³/mol. The Morgan fingerprint density at radius 1 is 1.35 bits per heavy atom. The molecule has 0 saturated carbocycles. The summed E-state index contributed by atoms with van der Waals surface area (Å²) in [6.07, 6.45) is 0.941. The highest BCUT2D eigenvalue weighted by Crippen LogP contribution is 2.18. The van der Waals surface area contributed by atoms with Crippen molar-refractivity contribution >= 4 is 18.3 Å². The van der Waals surface area contributed by atoms with E-state index in [-0.39, 0.29) is 18.3 Å². The Labute approximate surface area is 128 Å². The van der Waals surface area contributed by atoms with Gasteiger partial charge in [-0.1, -0.05) is 37.3 Å². The number of hydrogen-bond acceptors (Lipinski definition) is 2. The van der Waals surface area contributed by atoms with Crippen LogP contribution in [0.25, 0.3) is 0 Å². The van der Waals surface area contributed by atoms with Gasteiger partial charge in [0.05, 0.1) is 0 Å². The van der Waals surface area contributed by atoms with Crippen molar-refractivity contribution in [1.29, 1.82) is 0 Å². The van der Waals surface area contributed by atoms with Crippen molar-refractivity contribution in [1.82, 2.24) is 10.2 Å². The third-order valence-corrected chi connectivity index (χ3v) is 4.12. The Kier molecular flexibility index (Phi) is 7.03. The van der Waals surface area contributed by atoms with Gasteiger partial charge in [0, 0.05) is 19.0 Å². The van der Waals surface area contributed by atoms with Crippen molar-refractivity contribution in [3.8, 4) is 0 Å². The zero-order valence-corrected chi connectivity index (χ0v) is 13.2. The van der Waals surface area contributed by atoms with Gasteiger partial charge < -0.3 is 10.2 Å². The average molecular weight is 297 g/mol. The molecule has 1 N–H and O–H groups in total. The van der Waals surface area contributed by atoms with Crippen molar-refractivity contribution in [3.63, 3.8) is 0 Å². The van der Waals surface area contributed by atoms with Crippen LogP contribution in [-0.2, 0) is 11.2 Å². The first-order valence-corrected chi connectivity index (χ1v) is 7.25. The fourth-order valence-corrected chi connectivity index (χ4v) is 2.49. The summed E-state index contributed by atoms with van der Waals surface area (Å²) in [6.45, 7) is 7.74. The van der Waals surface area contributed by atoms with Crippen LogP contribution in [0, 0.1) is 11.8 Å². The number of likely N-dealkylation sites (N-methyl/N-ethyl adjacent to an activating group) is 1. The summed E-state index contributed by atoms with van der Waals surface area (Å²) in [5.41, 5.74) is 1.30. The topological polar surface area (TPSA) is 32.3 Å². The molecule has 4 heteroatoms. The lowest BCUT2D eigenvalue weighted by Gasteiger charge is -2.34. The predicted octanol–water partition coefficient (Wildman–Crippen LogP) is 2.35. The molecule has 1 unspecified atom stereocenters. The van der Waals surface area contributed by atoms with Gasteiger partial charge in [-0.3, -0.25) is 4.79 Å². The van der Waals surface area contributed by atoms with Gasteiger partial charge in [0.1, 0.15) is 0 Å². The average Bonchev–Trinajstić information content (AvgIpc) is 2.38. The molecule has 0 spiro atoms. The number of nitrogens with one attached hydrogen (secondary N) is 1. The van der Waals surface area contributed by atoms with Gasteiger partial charge in [-0.25, -0.2) is 0 Å². The maximum atomic E-state index is 12.4. The number of benzene rings is 1. The molecular formula is C16H25ClN2O. The van der Waals surface area contributed by atoms with Gasteiger partial charge in [0.25, 0.3) is 0 Å². The van der Waals surface area contributed by atoms with E-state index in [9.17, 15) is 4.79 Å². The van der Waals surface area contributed by atoms with Crippen molar-refractivity contribution in [2.45, 2.75) is 20.3 Å². The van der Waals surface area contributed by atoms with E-state index in [1.807, 2.05) is 11.0 Å². The second-order valence-electron chi connectivity index (χ2n) is 5.36. The Hall–Kier alpha value is -1.06. The highest BCUT2D eigenvalue weighted by atomic mass is 35.5. The molecule has 1 aromatic rings. The lowest BCUT2D eigenvalue weighted by molar-refractivity contribution is -0.137. The summed E-state index contributed by atoms with van der Waals surface area (Å²) in [6, 6.07) is 10.4. The lowest BCUT2D eigenvalue weighted by Crippen LogP contribution is -2.50. The van der Waals surface area contributed by atoms with Gasteiger partial charge in [-0.15, -0.1) is 12.4 Å². The summed E-state index contributed by atoms with van der Waals surface area (Å²) in [7, 11) is 0. The van der Waals surface area contributed by atoms with Crippen molar-refractivity contribution in [2.75, 3.05) is 26.2 Å². The Morgan fingerprint density at radius 2 is 2.00 bits per heavy atom. The molecule has 20 heavy (non-hydrogen) atoms. The molecule has 1 saturated heterocycles. The van der Waals surface area contributed by atoms with Crippen molar-refractivity contribution < 1.29 is 4.79 Å². The smallest absolute Gasteiger partial charge is 0.225 e. The molecule has 1 fully saturated rings. The molecular weight excluding hydrogens is 272 g/mol. The number of halogens is 1. The minimum Gasteiger partial charge on any atom is -0.342 e. The Balaban J connectivity index is 0.00000200. The van der Waals surface area contributed by atoms with Crippen LogP contribution in [0.4, 0.5) is 0 Å². The minimum absolute atomic E-state index is 0. The zero-order valence-electron chi connectivity index (χ0n) is 12.3. The lowest BCUT2D eigenvalue weighted by atomic mass is 9.88. The van der Waals surface area contributed by atoms with Crippen LogP contribution < -0.4 is 5.32 Å². The summed E-state index contributed by atoms with van der Waals surface area (Å²) in [5, 5.41) is 3.24. The van der Waals surface area contributed by atoms with E-state index in [2.05, 4.69) is 43.4 Å². The number of rotatable bonds is 6. The maximum Gasteiger partial charge on any atom is 0.225 e. The van der Waals surface area contributed by atoms with Crippen LogP contribution in [0.1, 0.15) is 19.4 Å². The van der Waals surface area contributed by atoms with E-state index < -0.39 is 0 Å². The fraction of sp³-hybridized carbons (Fsp3) is 0.562. The second-order valence-corrected chi connectivity index (χ2v) is 5.36. The van der Waals surface area contributed by atoms with E-state index in [0.717, 1.165) is 32.6 Å². The monoisotopic (exact) mass is 296 g/mol. The van der Waals surface area contributed by atoms with E-state index in [4.69, 9.17) is 0 Å². The summed E-state index contributed by atoms with van der Waals surface area (Å²) < 4.78 is 0. The summed E-state index contributed by atoms with van der Waals surface area (Å²) >= 11 is 0. The number of hydrogen-bond donors (Lipinski definition) is 1. The first-order chi connectivity index (χ1) is 9.22. The molecule has 3 nitrogen and oxygen atoms in total. The molecule has 112 valence electrons. The molecule has 0 aromatic heterocycles. The summed E-state index contributed by atoms with van der Waals surface area (Å²) in [5.74, 6) is 0.986. The minimum atomic E-state index is 0. The Morgan fingerprint density at radius 3 is 2.50 bits per heavy atom. The number of nitrogens with zero attached hydrogens (tertiary/aromatic N) is 1.